The number of rotatable bonds is 6. The molecule has 0 saturated carbocycles. The van der Waals surface area contributed by atoms with E-state index in [0.717, 1.165) is 5.56 Å². The third-order valence-electron chi connectivity index (χ3n) is 4.77. The maximum atomic E-state index is 13.8. The molecule has 0 atom stereocenters. The van der Waals surface area contributed by atoms with Gasteiger partial charge in [-0.05, 0) is 65.7 Å². The Labute approximate surface area is 190 Å². The minimum absolute atomic E-state index is 0.179. The Morgan fingerprint density at radius 3 is 2.47 bits per heavy atom. The molecule has 0 unspecified atom stereocenters. The van der Waals surface area contributed by atoms with Crippen molar-refractivity contribution in [1.82, 2.24) is 0 Å². The molecule has 1 amide bonds. The number of benzene rings is 4. The third kappa shape index (κ3) is 5.45. The molecule has 0 radical (unpaired) electrons. The highest BCUT2D eigenvalue weighted by atomic mass is 35.5. The summed E-state index contributed by atoms with van der Waals surface area (Å²) >= 11 is 6.08. The molecule has 0 aromatic heterocycles. The molecular formula is C26H20ClFN2O2. The first-order chi connectivity index (χ1) is 15.5. The van der Waals surface area contributed by atoms with Crippen LogP contribution in [-0.4, -0.2) is 5.91 Å². The van der Waals surface area contributed by atoms with Gasteiger partial charge in [0.25, 0.3) is 0 Å². The van der Waals surface area contributed by atoms with Crippen LogP contribution in [0.4, 0.5) is 15.8 Å². The Hall–Kier alpha value is -3.83. The summed E-state index contributed by atoms with van der Waals surface area (Å²) in [5.74, 6) is 0.461. The van der Waals surface area contributed by atoms with Crippen LogP contribution in [0.15, 0.2) is 91.0 Å². The van der Waals surface area contributed by atoms with E-state index in [1.54, 1.807) is 66.7 Å². The van der Waals surface area contributed by atoms with Crippen LogP contribution in [-0.2, 0) is 11.2 Å². The second-order valence-corrected chi connectivity index (χ2v) is 7.68. The summed E-state index contributed by atoms with van der Waals surface area (Å²) in [6, 6.07) is 25.6. The van der Waals surface area contributed by atoms with Crippen molar-refractivity contribution in [2.45, 2.75) is 6.42 Å². The summed E-state index contributed by atoms with van der Waals surface area (Å²) in [7, 11) is 0. The lowest BCUT2D eigenvalue weighted by molar-refractivity contribution is -0.115. The predicted molar refractivity (Wildman–Crippen MR) is 127 cm³/mol. The number of nitrogens with two attached hydrogens (primary N) is 1. The highest BCUT2D eigenvalue weighted by molar-refractivity contribution is 6.30. The lowest BCUT2D eigenvalue weighted by atomic mass is 10.0. The normalized spacial score (nSPS) is 10.6. The molecular weight excluding hydrogens is 427 g/mol. The van der Waals surface area contributed by atoms with Crippen molar-refractivity contribution in [2.75, 3.05) is 11.1 Å². The maximum absolute atomic E-state index is 13.8. The van der Waals surface area contributed by atoms with E-state index in [4.69, 9.17) is 22.1 Å². The average Bonchev–Trinajstić information content (AvgIpc) is 2.75. The molecule has 0 bridgehead atoms. The van der Waals surface area contributed by atoms with Crippen LogP contribution in [0.3, 0.4) is 0 Å². The lowest BCUT2D eigenvalue weighted by Crippen LogP contribution is -2.14. The van der Waals surface area contributed by atoms with E-state index in [1.165, 1.54) is 12.1 Å². The van der Waals surface area contributed by atoms with E-state index in [0.29, 0.717) is 39.0 Å². The molecule has 0 spiro atoms. The minimum Gasteiger partial charge on any atom is -0.457 e. The zero-order chi connectivity index (χ0) is 22.5. The topological polar surface area (TPSA) is 64.4 Å². The number of amides is 1. The lowest BCUT2D eigenvalue weighted by Gasteiger charge is -2.14. The Bertz CT molecular complexity index is 1260. The molecule has 32 heavy (non-hydrogen) atoms. The van der Waals surface area contributed by atoms with E-state index in [9.17, 15) is 9.18 Å². The van der Waals surface area contributed by atoms with Gasteiger partial charge in [-0.25, -0.2) is 4.39 Å². The Balaban J connectivity index is 1.62. The molecule has 3 N–H and O–H groups in total. The van der Waals surface area contributed by atoms with Crippen molar-refractivity contribution < 1.29 is 13.9 Å². The van der Waals surface area contributed by atoms with Gasteiger partial charge >= 0.3 is 0 Å². The van der Waals surface area contributed by atoms with Crippen LogP contribution in [0.25, 0.3) is 11.1 Å². The molecule has 0 aliphatic heterocycles. The number of carbonyl (C=O) groups is 1. The average molecular weight is 447 g/mol. The van der Waals surface area contributed by atoms with Crippen LogP contribution in [0.2, 0.25) is 5.02 Å². The largest absolute Gasteiger partial charge is 0.457 e. The Kier molecular flexibility index (Phi) is 6.38. The summed E-state index contributed by atoms with van der Waals surface area (Å²) in [5.41, 5.74) is 9.08. The number of nitrogen functional groups attached to an aromatic ring is 1. The monoisotopic (exact) mass is 446 g/mol. The second-order valence-electron chi connectivity index (χ2n) is 7.25. The van der Waals surface area contributed by atoms with Crippen molar-refractivity contribution in [2.24, 2.45) is 0 Å². The molecule has 4 aromatic carbocycles. The summed E-state index contributed by atoms with van der Waals surface area (Å²) < 4.78 is 19.9. The molecule has 160 valence electrons. The van der Waals surface area contributed by atoms with E-state index >= 15 is 0 Å². The molecule has 6 heteroatoms. The Morgan fingerprint density at radius 2 is 1.72 bits per heavy atom. The molecule has 0 heterocycles. The van der Waals surface area contributed by atoms with Gasteiger partial charge in [-0.2, -0.15) is 0 Å². The van der Waals surface area contributed by atoms with Gasteiger partial charge in [0.2, 0.25) is 5.91 Å². The van der Waals surface area contributed by atoms with Gasteiger partial charge in [-0.3, -0.25) is 4.79 Å². The highest BCUT2D eigenvalue weighted by Crippen LogP contribution is 2.36. The first kappa shape index (κ1) is 21.4. The Morgan fingerprint density at radius 1 is 0.938 bits per heavy atom. The van der Waals surface area contributed by atoms with Crippen molar-refractivity contribution in [3.8, 4) is 22.6 Å². The smallest absolute Gasteiger partial charge is 0.228 e. The number of halogens is 2. The fraction of sp³-hybridized carbons (Fsp3) is 0.0385. The number of hydrogen-bond acceptors (Lipinski definition) is 3. The van der Waals surface area contributed by atoms with E-state index in [1.807, 2.05) is 12.1 Å². The van der Waals surface area contributed by atoms with Crippen molar-refractivity contribution in [1.29, 1.82) is 0 Å². The van der Waals surface area contributed by atoms with Crippen LogP contribution in [0, 0.1) is 5.82 Å². The van der Waals surface area contributed by atoms with Crippen LogP contribution < -0.4 is 15.8 Å². The number of nitrogens with one attached hydrogen (secondary N) is 1. The van der Waals surface area contributed by atoms with E-state index in [2.05, 4.69) is 5.32 Å². The van der Waals surface area contributed by atoms with Gasteiger partial charge in [-0.1, -0.05) is 41.9 Å². The molecule has 0 aliphatic rings. The fourth-order valence-electron chi connectivity index (χ4n) is 3.26. The van der Waals surface area contributed by atoms with Gasteiger partial charge < -0.3 is 15.8 Å². The first-order valence-corrected chi connectivity index (χ1v) is 10.3. The van der Waals surface area contributed by atoms with Crippen LogP contribution in [0.1, 0.15) is 5.56 Å². The molecule has 4 nitrogen and oxygen atoms in total. The van der Waals surface area contributed by atoms with E-state index in [-0.39, 0.29) is 18.1 Å². The number of ether oxygens (including phenoxy) is 1. The fourth-order valence-corrected chi connectivity index (χ4v) is 3.44. The zero-order valence-electron chi connectivity index (χ0n) is 17.0. The van der Waals surface area contributed by atoms with Crippen LogP contribution >= 0.6 is 11.6 Å². The van der Waals surface area contributed by atoms with Crippen molar-refractivity contribution >= 4 is 28.9 Å². The van der Waals surface area contributed by atoms with E-state index < -0.39 is 0 Å². The molecule has 4 aromatic rings. The third-order valence-corrected chi connectivity index (χ3v) is 5.00. The summed E-state index contributed by atoms with van der Waals surface area (Å²) in [6.45, 7) is 0. The first-order valence-electron chi connectivity index (χ1n) is 9.94. The number of anilines is 2. The zero-order valence-corrected chi connectivity index (χ0v) is 17.8. The van der Waals surface area contributed by atoms with Crippen molar-refractivity contribution in [3.63, 3.8) is 0 Å². The maximum Gasteiger partial charge on any atom is 0.228 e. The van der Waals surface area contributed by atoms with Crippen LogP contribution in [0.5, 0.6) is 11.5 Å². The van der Waals surface area contributed by atoms with Gasteiger partial charge in [0.1, 0.15) is 17.3 Å². The number of hydrogen-bond donors (Lipinski definition) is 2. The molecule has 0 fully saturated rings. The molecule has 4 rings (SSSR count). The van der Waals surface area contributed by atoms with Gasteiger partial charge in [0, 0.05) is 28.0 Å². The minimum atomic E-state index is -0.350. The summed E-state index contributed by atoms with van der Waals surface area (Å²) in [6.07, 6.45) is 0.205. The summed E-state index contributed by atoms with van der Waals surface area (Å²) in [5, 5.41) is 3.41. The van der Waals surface area contributed by atoms with Crippen molar-refractivity contribution in [3.05, 3.63) is 107 Å². The number of carbonyl (C=O) groups excluding carboxylic acids is 1. The predicted octanol–water partition coefficient (Wildman–Crippen LogP) is 6.70. The SMILES string of the molecule is Nc1ccc(CC(=O)Nc2ccc(-c3cccc(F)c3)c(Oc3cccc(Cl)c3)c2)cc1. The highest BCUT2D eigenvalue weighted by Gasteiger charge is 2.12. The standard InChI is InChI=1S/C26H20ClFN2O2/c27-19-4-2-6-23(15-19)32-25-16-22(11-12-24(25)18-3-1-5-20(28)14-18)30-26(31)13-17-7-9-21(29)10-8-17/h1-12,14-16H,13,29H2,(H,30,31). The summed E-state index contributed by atoms with van der Waals surface area (Å²) in [4.78, 5) is 12.5. The quantitative estimate of drug-likeness (QED) is 0.324. The molecule has 0 saturated heterocycles. The molecule has 0 aliphatic carbocycles. The van der Waals surface area contributed by atoms with Gasteiger partial charge in [0.15, 0.2) is 0 Å². The van der Waals surface area contributed by atoms with Gasteiger partial charge in [-0.15, -0.1) is 0 Å². The second kappa shape index (κ2) is 9.54. The van der Waals surface area contributed by atoms with Gasteiger partial charge in [0.05, 0.1) is 6.42 Å².